The third kappa shape index (κ3) is 1.48. The van der Waals surface area contributed by atoms with Gasteiger partial charge in [-0.2, -0.15) is 5.26 Å². The first-order valence-electron chi connectivity index (χ1n) is 3.09. The number of nitrogens with zero attached hydrogens (tertiary/aromatic N) is 2. The van der Waals surface area contributed by atoms with Gasteiger partial charge >= 0.3 is 0 Å². The summed E-state index contributed by atoms with van der Waals surface area (Å²) < 4.78 is 5.41. The molecular weight excluding hydrogens is 222 g/mol. The number of aromatic nitrogens is 1. The Morgan fingerprint density at radius 1 is 1.75 bits per heavy atom. The summed E-state index contributed by atoms with van der Waals surface area (Å²) in [7, 11) is 1.51. The fourth-order valence-corrected chi connectivity index (χ4v) is 1.17. The summed E-state index contributed by atoms with van der Waals surface area (Å²) in [5.74, 6) is 0.520. The molecule has 1 rings (SSSR count). The molecule has 0 aliphatic heterocycles. The molecule has 0 unspecified atom stereocenters. The highest BCUT2D eigenvalue weighted by Gasteiger charge is 2.06. The van der Waals surface area contributed by atoms with E-state index in [9.17, 15) is 0 Å². The molecule has 5 heteroatoms. The molecule has 62 valence electrons. The Morgan fingerprint density at radius 3 is 2.92 bits per heavy atom. The molecule has 0 saturated carbocycles. The molecular formula is C7H6BrN3O. The Kier molecular flexibility index (Phi) is 2.51. The molecule has 0 aromatic carbocycles. The average molecular weight is 228 g/mol. The molecule has 0 saturated heterocycles. The van der Waals surface area contributed by atoms with Crippen LogP contribution in [0.3, 0.4) is 0 Å². The maximum Gasteiger partial charge on any atom is 0.164 e. The van der Waals surface area contributed by atoms with Crippen molar-refractivity contribution >= 4 is 21.6 Å². The van der Waals surface area contributed by atoms with Gasteiger partial charge in [0.15, 0.2) is 11.4 Å². The second-order valence-corrected chi connectivity index (χ2v) is 2.78. The number of hydrogen-bond donors (Lipinski definition) is 1. The first-order valence-corrected chi connectivity index (χ1v) is 3.88. The van der Waals surface area contributed by atoms with Crippen molar-refractivity contribution in [3.05, 3.63) is 16.4 Å². The van der Waals surface area contributed by atoms with Crippen LogP contribution in [0.2, 0.25) is 0 Å². The van der Waals surface area contributed by atoms with E-state index >= 15 is 0 Å². The van der Waals surface area contributed by atoms with Crippen LogP contribution >= 0.6 is 15.9 Å². The predicted molar refractivity (Wildman–Crippen MR) is 47.6 cm³/mol. The van der Waals surface area contributed by atoms with Crippen LogP contribution in [0.4, 0.5) is 5.69 Å². The fraction of sp³-hybridized carbons (Fsp3) is 0.143. The van der Waals surface area contributed by atoms with Crippen molar-refractivity contribution in [3.8, 4) is 11.8 Å². The first kappa shape index (κ1) is 8.81. The van der Waals surface area contributed by atoms with Crippen LogP contribution in [0.5, 0.6) is 5.75 Å². The van der Waals surface area contributed by atoms with Crippen LogP contribution in [0, 0.1) is 11.3 Å². The van der Waals surface area contributed by atoms with E-state index in [0.717, 1.165) is 0 Å². The number of ether oxygens (including phenoxy) is 1. The predicted octanol–water partition coefficient (Wildman–Crippen LogP) is 1.31. The molecule has 2 N–H and O–H groups in total. The van der Waals surface area contributed by atoms with E-state index in [2.05, 4.69) is 20.9 Å². The summed E-state index contributed by atoms with van der Waals surface area (Å²) in [6.07, 6.45) is 0. The lowest BCUT2D eigenvalue weighted by molar-refractivity contribution is 0.410. The van der Waals surface area contributed by atoms with Crippen molar-refractivity contribution in [1.29, 1.82) is 5.26 Å². The molecule has 1 aromatic rings. The van der Waals surface area contributed by atoms with E-state index in [1.807, 2.05) is 6.07 Å². The zero-order valence-corrected chi connectivity index (χ0v) is 7.92. The molecule has 12 heavy (non-hydrogen) atoms. The largest absolute Gasteiger partial charge is 0.494 e. The maximum absolute atomic E-state index is 8.55. The van der Waals surface area contributed by atoms with E-state index in [1.165, 1.54) is 7.11 Å². The number of nitriles is 1. The fourth-order valence-electron chi connectivity index (χ4n) is 0.720. The topological polar surface area (TPSA) is 71.9 Å². The Hall–Kier alpha value is -1.28. The highest BCUT2D eigenvalue weighted by atomic mass is 79.9. The summed E-state index contributed by atoms with van der Waals surface area (Å²) in [4.78, 5) is 3.87. The monoisotopic (exact) mass is 227 g/mol. The third-order valence-electron chi connectivity index (χ3n) is 1.30. The third-order valence-corrected chi connectivity index (χ3v) is 1.87. The molecule has 0 bridgehead atoms. The molecule has 0 fully saturated rings. The number of rotatable bonds is 1. The van der Waals surface area contributed by atoms with Crippen molar-refractivity contribution in [2.24, 2.45) is 0 Å². The van der Waals surface area contributed by atoms with Crippen molar-refractivity contribution in [2.45, 2.75) is 0 Å². The zero-order chi connectivity index (χ0) is 9.14. The van der Waals surface area contributed by atoms with Gasteiger partial charge in [-0.1, -0.05) is 0 Å². The quantitative estimate of drug-likeness (QED) is 0.735. The van der Waals surface area contributed by atoms with Gasteiger partial charge in [-0.3, -0.25) is 0 Å². The molecule has 1 aromatic heterocycles. The van der Waals surface area contributed by atoms with E-state index in [-0.39, 0.29) is 5.69 Å². The number of halogens is 1. The summed E-state index contributed by atoms with van der Waals surface area (Å²) in [6.45, 7) is 0. The van der Waals surface area contributed by atoms with Gasteiger partial charge in [0.1, 0.15) is 10.7 Å². The van der Waals surface area contributed by atoms with Crippen LogP contribution in [-0.2, 0) is 0 Å². The minimum atomic E-state index is 0.197. The van der Waals surface area contributed by atoms with Gasteiger partial charge in [0.25, 0.3) is 0 Å². The second kappa shape index (κ2) is 3.41. The number of methoxy groups -OCH3 is 1. The number of anilines is 1. The normalized spacial score (nSPS) is 9.08. The lowest BCUT2D eigenvalue weighted by Gasteiger charge is -2.03. The van der Waals surface area contributed by atoms with Gasteiger partial charge in [-0.25, -0.2) is 4.98 Å². The molecule has 4 nitrogen and oxygen atoms in total. The lowest BCUT2D eigenvalue weighted by atomic mass is 10.3. The molecule has 0 aliphatic carbocycles. The van der Waals surface area contributed by atoms with Crippen LogP contribution < -0.4 is 10.5 Å². The Balaban J connectivity index is 3.28. The standard InChI is InChI=1S/C7H6BrN3O/c1-12-6-2-4(10)5(3-9)11-7(6)8/h2H,10H2,1H3. The number of pyridine rings is 1. The van der Waals surface area contributed by atoms with Crippen LogP contribution in [-0.4, -0.2) is 12.1 Å². The molecule has 0 aliphatic rings. The van der Waals surface area contributed by atoms with Gasteiger partial charge in [0.2, 0.25) is 0 Å². The van der Waals surface area contributed by atoms with Crippen molar-refractivity contribution < 1.29 is 4.74 Å². The van der Waals surface area contributed by atoms with Gasteiger partial charge in [0, 0.05) is 6.07 Å². The van der Waals surface area contributed by atoms with E-state index in [0.29, 0.717) is 16.0 Å². The van der Waals surface area contributed by atoms with E-state index < -0.39 is 0 Å². The van der Waals surface area contributed by atoms with E-state index in [1.54, 1.807) is 6.07 Å². The molecule has 0 radical (unpaired) electrons. The van der Waals surface area contributed by atoms with Crippen molar-refractivity contribution in [2.75, 3.05) is 12.8 Å². The Morgan fingerprint density at radius 2 is 2.42 bits per heavy atom. The Labute approximate surface area is 78.1 Å². The highest BCUT2D eigenvalue weighted by Crippen LogP contribution is 2.25. The average Bonchev–Trinajstić information content (AvgIpc) is 2.08. The van der Waals surface area contributed by atoms with Crippen LogP contribution in [0.25, 0.3) is 0 Å². The molecule has 0 spiro atoms. The van der Waals surface area contributed by atoms with Gasteiger partial charge in [-0.05, 0) is 15.9 Å². The molecule has 0 amide bonds. The van der Waals surface area contributed by atoms with Gasteiger partial charge in [-0.15, -0.1) is 0 Å². The lowest BCUT2D eigenvalue weighted by Crippen LogP contribution is -1.96. The summed E-state index contributed by atoms with van der Waals surface area (Å²) in [5.41, 5.74) is 6.00. The highest BCUT2D eigenvalue weighted by molar-refractivity contribution is 9.10. The number of hydrogen-bond acceptors (Lipinski definition) is 4. The summed E-state index contributed by atoms with van der Waals surface area (Å²) in [5, 5.41) is 8.55. The molecule has 0 atom stereocenters. The van der Waals surface area contributed by atoms with E-state index in [4.69, 9.17) is 15.7 Å². The second-order valence-electron chi connectivity index (χ2n) is 2.03. The number of nitrogen functional groups attached to an aromatic ring is 1. The zero-order valence-electron chi connectivity index (χ0n) is 6.34. The molecule has 1 heterocycles. The van der Waals surface area contributed by atoms with Crippen molar-refractivity contribution in [1.82, 2.24) is 4.98 Å². The van der Waals surface area contributed by atoms with Gasteiger partial charge in [0.05, 0.1) is 12.8 Å². The smallest absolute Gasteiger partial charge is 0.164 e. The summed E-state index contributed by atoms with van der Waals surface area (Å²) >= 11 is 3.14. The minimum absolute atomic E-state index is 0.197. The van der Waals surface area contributed by atoms with Crippen LogP contribution in [0.15, 0.2) is 10.7 Å². The van der Waals surface area contributed by atoms with Crippen LogP contribution in [0.1, 0.15) is 5.69 Å². The number of nitrogens with two attached hydrogens (primary N) is 1. The van der Waals surface area contributed by atoms with Gasteiger partial charge < -0.3 is 10.5 Å². The Bertz CT molecular complexity index is 344. The maximum atomic E-state index is 8.55. The first-order chi connectivity index (χ1) is 5.69. The SMILES string of the molecule is COc1cc(N)c(C#N)nc1Br. The minimum Gasteiger partial charge on any atom is -0.494 e. The van der Waals surface area contributed by atoms with Crippen molar-refractivity contribution in [3.63, 3.8) is 0 Å². The summed E-state index contributed by atoms with van der Waals surface area (Å²) in [6, 6.07) is 3.42.